The van der Waals surface area contributed by atoms with Crippen LogP contribution in [0.25, 0.3) is 0 Å². The van der Waals surface area contributed by atoms with Crippen molar-refractivity contribution in [1.29, 1.82) is 0 Å². The summed E-state index contributed by atoms with van der Waals surface area (Å²) in [5, 5.41) is 12.2. The van der Waals surface area contributed by atoms with E-state index < -0.39 is 5.97 Å². The first kappa shape index (κ1) is 8.05. The van der Waals surface area contributed by atoms with Crippen LogP contribution in [-0.2, 0) is 4.79 Å². The highest BCUT2D eigenvalue weighted by molar-refractivity contribution is 5.75. The lowest BCUT2D eigenvalue weighted by atomic mass is 9.82. The SMILES string of the molecule is C[C@]12CC[C@](C)(C1)[C@@H](C(=O)O)N2. The van der Waals surface area contributed by atoms with Crippen molar-refractivity contribution in [3.05, 3.63) is 0 Å². The van der Waals surface area contributed by atoms with E-state index in [4.69, 9.17) is 5.11 Å². The van der Waals surface area contributed by atoms with E-state index in [1.165, 1.54) is 0 Å². The summed E-state index contributed by atoms with van der Waals surface area (Å²) in [4.78, 5) is 10.9. The molecule has 1 aliphatic heterocycles. The highest BCUT2D eigenvalue weighted by Gasteiger charge is 2.57. The normalized spacial score (nSPS) is 51.3. The molecule has 0 aromatic rings. The van der Waals surface area contributed by atoms with E-state index in [9.17, 15) is 4.79 Å². The number of carboxylic acid groups (broad SMARTS) is 1. The molecule has 0 amide bonds. The molecule has 3 heteroatoms. The van der Waals surface area contributed by atoms with Gasteiger partial charge in [-0.15, -0.1) is 0 Å². The third kappa shape index (κ3) is 0.891. The van der Waals surface area contributed by atoms with Crippen molar-refractivity contribution in [3.8, 4) is 0 Å². The second-order valence-electron chi connectivity index (χ2n) is 4.81. The van der Waals surface area contributed by atoms with Crippen LogP contribution in [0.4, 0.5) is 0 Å². The van der Waals surface area contributed by atoms with Crippen LogP contribution in [0.2, 0.25) is 0 Å². The first-order chi connectivity index (χ1) is 5.45. The second-order valence-corrected chi connectivity index (χ2v) is 4.81. The molecule has 0 radical (unpaired) electrons. The monoisotopic (exact) mass is 169 g/mol. The van der Waals surface area contributed by atoms with Crippen LogP contribution in [-0.4, -0.2) is 22.7 Å². The zero-order chi connectivity index (χ0) is 8.98. The minimum absolute atomic E-state index is 0.000579. The van der Waals surface area contributed by atoms with Crippen LogP contribution in [0.3, 0.4) is 0 Å². The fourth-order valence-corrected chi connectivity index (χ4v) is 2.88. The van der Waals surface area contributed by atoms with Gasteiger partial charge in [-0.3, -0.25) is 10.1 Å². The molecule has 12 heavy (non-hydrogen) atoms. The van der Waals surface area contributed by atoms with Gasteiger partial charge in [0.2, 0.25) is 0 Å². The number of hydrogen-bond acceptors (Lipinski definition) is 2. The Morgan fingerprint density at radius 3 is 2.42 bits per heavy atom. The van der Waals surface area contributed by atoms with E-state index in [0.717, 1.165) is 19.3 Å². The van der Waals surface area contributed by atoms with Gasteiger partial charge in [-0.05, 0) is 31.6 Å². The number of fused-ring (bicyclic) bond motifs is 2. The van der Waals surface area contributed by atoms with Gasteiger partial charge in [-0.1, -0.05) is 6.92 Å². The van der Waals surface area contributed by atoms with E-state index in [2.05, 4.69) is 19.2 Å². The molecule has 1 saturated carbocycles. The summed E-state index contributed by atoms with van der Waals surface area (Å²) in [5.74, 6) is -0.694. The molecule has 1 aliphatic carbocycles. The lowest BCUT2D eigenvalue weighted by Crippen LogP contribution is -2.50. The number of piperidine rings is 1. The predicted molar refractivity (Wildman–Crippen MR) is 44.9 cm³/mol. The maximum Gasteiger partial charge on any atom is 0.321 e. The van der Waals surface area contributed by atoms with E-state index in [-0.39, 0.29) is 17.0 Å². The Hall–Kier alpha value is -0.570. The zero-order valence-corrected chi connectivity index (χ0v) is 7.55. The number of rotatable bonds is 1. The van der Waals surface area contributed by atoms with Crippen LogP contribution in [0.1, 0.15) is 33.1 Å². The van der Waals surface area contributed by atoms with Crippen LogP contribution >= 0.6 is 0 Å². The summed E-state index contributed by atoms with van der Waals surface area (Å²) in [5.41, 5.74) is 0.0956. The van der Waals surface area contributed by atoms with Crippen molar-refractivity contribution in [2.75, 3.05) is 0 Å². The summed E-state index contributed by atoms with van der Waals surface area (Å²) in [6, 6.07) is -0.323. The minimum Gasteiger partial charge on any atom is -0.480 e. The van der Waals surface area contributed by atoms with Gasteiger partial charge in [0.05, 0.1) is 0 Å². The first-order valence-electron chi connectivity index (χ1n) is 4.46. The van der Waals surface area contributed by atoms with Gasteiger partial charge >= 0.3 is 5.97 Å². The summed E-state index contributed by atoms with van der Waals surface area (Å²) < 4.78 is 0. The van der Waals surface area contributed by atoms with Crippen LogP contribution < -0.4 is 5.32 Å². The van der Waals surface area contributed by atoms with Crippen LogP contribution in [0.15, 0.2) is 0 Å². The van der Waals surface area contributed by atoms with E-state index in [1.807, 2.05) is 0 Å². The lowest BCUT2D eigenvalue weighted by Gasteiger charge is -2.30. The van der Waals surface area contributed by atoms with Crippen LogP contribution in [0, 0.1) is 5.41 Å². The highest BCUT2D eigenvalue weighted by Crippen LogP contribution is 2.52. The van der Waals surface area contributed by atoms with Gasteiger partial charge in [-0.2, -0.15) is 0 Å². The fraction of sp³-hybridized carbons (Fsp3) is 0.889. The molecule has 0 aromatic carbocycles. The molecule has 3 atom stereocenters. The van der Waals surface area contributed by atoms with Crippen molar-refractivity contribution in [2.45, 2.75) is 44.7 Å². The third-order valence-corrected chi connectivity index (χ3v) is 3.48. The molecular formula is C9H15NO2. The van der Waals surface area contributed by atoms with Crippen molar-refractivity contribution in [1.82, 2.24) is 5.32 Å². The van der Waals surface area contributed by atoms with Crippen LogP contribution in [0.5, 0.6) is 0 Å². The Morgan fingerprint density at radius 1 is 1.50 bits per heavy atom. The molecule has 2 bridgehead atoms. The standard InChI is InChI=1S/C9H15NO2/c1-8-3-4-9(2,5-8)10-6(8)7(11)12/h6,10H,3-5H2,1-2H3,(H,11,12)/t6-,8-,9+/m1/s1. The molecule has 0 aromatic heterocycles. The average Bonchev–Trinajstić information content (AvgIpc) is 2.36. The van der Waals surface area contributed by atoms with Crippen molar-refractivity contribution >= 4 is 5.97 Å². The number of carboxylic acids is 1. The highest BCUT2D eigenvalue weighted by atomic mass is 16.4. The molecule has 2 aliphatic rings. The maximum absolute atomic E-state index is 10.9. The molecule has 2 fully saturated rings. The Balaban J connectivity index is 2.28. The Morgan fingerprint density at radius 2 is 2.17 bits per heavy atom. The summed E-state index contributed by atoms with van der Waals surface area (Å²) in [7, 11) is 0. The van der Waals surface area contributed by atoms with E-state index in [1.54, 1.807) is 0 Å². The number of hydrogen-bond donors (Lipinski definition) is 2. The molecule has 1 heterocycles. The number of nitrogens with one attached hydrogen (secondary N) is 1. The Labute approximate surface area is 72.2 Å². The number of aliphatic carboxylic acids is 1. The van der Waals surface area contributed by atoms with Gasteiger partial charge in [0.15, 0.2) is 0 Å². The zero-order valence-electron chi connectivity index (χ0n) is 7.55. The molecule has 68 valence electrons. The smallest absolute Gasteiger partial charge is 0.321 e. The minimum atomic E-state index is -0.694. The van der Waals surface area contributed by atoms with Gasteiger partial charge in [0.1, 0.15) is 6.04 Å². The molecule has 0 unspecified atom stereocenters. The van der Waals surface area contributed by atoms with Crippen molar-refractivity contribution in [2.24, 2.45) is 5.41 Å². The molecule has 2 rings (SSSR count). The summed E-state index contributed by atoms with van der Waals surface area (Å²) in [6.45, 7) is 4.21. The van der Waals surface area contributed by atoms with Gasteiger partial charge in [0.25, 0.3) is 0 Å². The quantitative estimate of drug-likeness (QED) is 0.615. The summed E-state index contributed by atoms with van der Waals surface area (Å²) in [6.07, 6.45) is 3.18. The van der Waals surface area contributed by atoms with Gasteiger partial charge < -0.3 is 5.11 Å². The lowest BCUT2D eigenvalue weighted by molar-refractivity contribution is -0.142. The first-order valence-corrected chi connectivity index (χ1v) is 4.46. The maximum atomic E-state index is 10.9. The third-order valence-electron chi connectivity index (χ3n) is 3.48. The largest absolute Gasteiger partial charge is 0.480 e. The average molecular weight is 169 g/mol. The van der Waals surface area contributed by atoms with E-state index >= 15 is 0 Å². The Bertz CT molecular complexity index is 241. The second kappa shape index (κ2) is 2.02. The predicted octanol–water partition coefficient (Wildman–Crippen LogP) is 0.992. The molecule has 0 spiro atoms. The topological polar surface area (TPSA) is 49.3 Å². The number of carbonyl (C=O) groups is 1. The molecule has 1 saturated heterocycles. The van der Waals surface area contributed by atoms with E-state index in [0.29, 0.717) is 0 Å². The van der Waals surface area contributed by atoms with Gasteiger partial charge in [-0.25, -0.2) is 0 Å². The Kier molecular flexibility index (Phi) is 1.35. The van der Waals surface area contributed by atoms with Crippen molar-refractivity contribution in [3.63, 3.8) is 0 Å². The molecule has 2 N–H and O–H groups in total. The fourth-order valence-electron chi connectivity index (χ4n) is 2.88. The molecule has 3 nitrogen and oxygen atoms in total. The van der Waals surface area contributed by atoms with Gasteiger partial charge in [0, 0.05) is 5.54 Å². The summed E-state index contributed by atoms with van der Waals surface area (Å²) >= 11 is 0. The molecular weight excluding hydrogens is 154 g/mol. The van der Waals surface area contributed by atoms with Crippen molar-refractivity contribution < 1.29 is 9.90 Å².